The van der Waals surface area contributed by atoms with Crippen molar-refractivity contribution >= 4 is 51.0 Å². The summed E-state index contributed by atoms with van der Waals surface area (Å²) in [5.41, 5.74) is -0.360. The number of allylic oxidation sites excluding steroid dienone is 2. The molecule has 1 aromatic heterocycles. The zero-order valence-electron chi connectivity index (χ0n) is 37.4. The second kappa shape index (κ2) is 17.2. The van der Waals surface area contributed by atoms with E-state index in [-0.39, 0.29) is 55.4 Å². The minimum absolute atomic E-state index is 0.00485. The van der Waals surface area contributed by atoms with Crippen LogP contribution in [0, 0.1) is 37.5 Å². The Kier molecular flexibility index (Phi) is 13.1. The standard InChI is InChI=1S/C46H60N2O13/c1-20-16-15-17-21(2)43(55)47-34-31-29(44(56)61-45(9,10)11)26(7)48(13)35(31)30-32(39(34)53)38(52)25(6)41-33(30)42(54)46(12,60-41)58-19-18-28(57-14)22(3)40(59-27(8)49)24(5)37(51)23(4)36(20)50/h15-20,22-24,28,36-37,40,50-53H,1-14H3,(H,47,55)/b16-15-,19-18+,21-17+. The number of nitrogens with zero attached hydrogens (tertiary/aromatic N) is 1. The molecule has 5 N–H and O–H groups in total. The topological polar surface area (TPSA) is 212 Å². The van der Waals surface area contributed by atoms with Crippen molar-refractivity contribution in [2.24, 2.45) is 30.7 Å². The molecule has 9 atom stereocenters. The summed E-state index contributed by atoms with van der Waals surface area (Å²) in [6, 6.07) is 0. The number of phenols is 2. The molecule has 5 rings (SSSR count). The lowest BCUT2D eigenvalue weighted by atomic mass is 9.78. The maximum atomic E-state index is 14.8. The first kappa shape index (κ1) is 46.7. The highest BCUT2D eigenvalue weighted by atomic mass is 16.7. The predicted molar refractivity (Wildman–Crippen MR) is 229 cm³/mol. The number of fused-ring (bicyclic) bond motifs is 1. The number of aliphatic hydroxyl groups is 2. The Morgan fingerprint density at radius 2 is 1.56 bits per heavy atom. The van der Waals surface area contributed by atoms with E-state index in [0.29, 0.717) is 5.69 Å². The minimum atomic E-state index is -2.03. The number of aromatic hydroxyl groups is 2. The molecule has 0 saturated heterocycles. The van der Waals surface area contributed by atoms with Gasteiger partial charge in [-0.3, -0.25) is 14.4 Å². The number of esters is 2. The van der Waals surface area contributed by atoms with Crippen LogP contribution < -0.4 is 10.1 Å². The molecular weight excluding hydrogens is 789 g/mol. The van der Waals surface area contributed by atoms with Crippen molar-refractivity contribution in [2.75, 3.05) is 12.4 Å². The molecule has 15 heteroatoms. The summed E-state index contributed by atoms with van der Waals surface area (Å²) in [4.78, 5) is 55.2. The Morgan fingerprint density at radius 1 is 0.918 bits per heavy atom. The second-order valence-corrected chi connectivity index (χ2v) is 17.6. The summed E-state index contributed by atoms with van der Waals surface area (Å²) in [5.74, 6) is -8.35. The van der Waals surface area contributed by atoms with Crippen LogP contribution in [-0.4, -0.2) is 91.5 Å². The number of methoxy groups -OCH3 is 1. The molecule has 4 bridgehead atoms. The molecule has 61 heavy (non-hydrogen) atoms. The van der Waals surface area contributed by atoms with Crippen LogP contribution in [-0.2, 0) is 35.6 Å². The lowest BCUT2D eigenvalue weighted by molar-refractivity contribution is -0.160. The molecule has 0 aliphatic carbocycles. The summed E-state index contributed by atoms with van der Waals surface area (Å²) in [6.45, 7) is 19.4. The highest BCUT2D eigenvalue weighted by Gasteiger charge is 2.50. The van der Waals surface area contributed by atoms with E-state index >= 15 is 0 Å². The summed E-state index contributed by atoms with van der Waals surface area (Å²) < 4.78 is 31.3. The molecule has 0 saturated carbocycles. The third-order valence-corrected chi connectivity index (χ3v) is 12.0. The van der Waals surface area contributed by atoms with Crippen LogP contribution in [0.25, 0.3) is 21.7 Å². The lowest BCUT2D eigenvalue weighted by Gasteiger charge is -2.38. The number of ether oxygens (including phenoxy) is 5. The van der Waals surface area contributed by atoms with Gasteiger partial charge >= 0.3 is 17.7 Å². The number of rotatable bonds is 3. The predicted octanol–water partition coefficient (Wildman–Crippen LogP) is 6.80. The molecule has 3 aromatic rings. The molecule has 2 aromatic carbocycles. The fraction of sp³-hybridized carbons (Fsp3) is 0.522. The summed E-state index contributed by atoms with van der Waals surface area (Å²) >= 11 is 0. The normalized spacial score (nSPS) is 29.7. The van der Waals surface area contributed by atoms with Crippen LogP contribution in [0.4, 0.5) is 5.69 Å². The van der Waals surface area contributed by atoms with Crippen molar-refractivity contribution in [1.82, 2.24) is 4.57 Å². The quantitative estimate of drug-likeness (QED) is 0.136. The first-order valence-corrected chi connectivity index (χ1v) is 20.4. The number of phenolic OH excluding ortho intramolecular Hbond substituents is 2. The van der Waals surface area contributed by atoms with Crippen LogP contribution in [0.2, 0.25) is 0 Å². The van der Waals surface area contributed by atoms with E-state index in [2.05, 4.69) is 5.32 Å². The fourth-order valence-corrected chi connectivity index (χ4v) is 8.40. The molecule has 1 amide bonds. The number of nitrogens with one attached hydrogen (secondary N) is 1. The average molecular weight is 849 g/mol. The number of amides is 1. The Hall–Kier alpha value is -5.38. The number of aryl methyl sites for hydroxylation is 1. The van der Waals surface area contributed by atoms with E-state index in [4.69, 9.17) is 23.7 Å². The van der Waals surface area contributed by atoms with E-state index in [1.807, 2.05) is 0 Å². The summed E-state index contributed by atoms with van der Waals surface area (Å²) in [5, 5.41) is 49.7. The second-order valence-electron chi connectivity index (χ2n) is 17.6. The molecular formula is C46H60N2O13. The number of aliphatic hydroxyl groups excluding tert-OH is 2. The molecule has 9 unspecified atom stereocenters. The highest BCUT2D eigenvalue weighted by Crippen LogP contribution is 2.55. The smallest absolute Gasteiger partial charge is 0.341 e. The fourth-order valence-electron chi connectivity index (χ4n) is 8.40. The molecule has 0 fully saturated rings. The van der Waals surface area contributed by atoms with Crippen molar-refractivity contribution in [3.63, 3.8) is 0 Å². The van der Waals surface area contributed by atoms with Crippen LogP contribution in [0.3, 0.4) is 0 Å². The van der Waals surface area contributed by atoms with E-state index in [1.54, 1.807) is 79.2 Å². The van der Waals surface area contributed by atoms with Gasteiger partial charge in [-0.2, -0.15) is 0 Å². The number of ketones is 1. The highest BCUT2D eigenvalue weighted by molar-refractivity contribution is 6.31. The van der Waals surface area contributed by atoms with Gasteiger partial charge in [-0.05, 0) is 47.6 Å². The Morgan fingerprint density at radius 3 is 2.15 bits per heavy atom. The van der Waals surface area contributed by atoms with Gasteiger partial charge in [-0.15, -0.1) is 0 Å². The van der Waals surface area contributed by atoms with Gasteiger partial charge < -0.3 is 54.0 Å². The Balaban J connectivity index is 1.82. The lowest BCUT2D eigenvalue weighted by Crippen LogP contribution is -2.46. The van der Waals surface area contributed by atoms with Gasteiger partial charge in [0.15, 0.2) is 5.75 Å². The SMILES string of the molecule is COC1/C=C/OC2(C)Oc3c(C)c(O)c4c(O)c(c5c(C(=O)OC(C)(C)C)c(C)n(C)c5c4c3C2=O)NC(=O)/C(C)=C/C=C\C(C)C(O)C(C)C(O)C(C)C(OC(C)=O)C1C. The molecule has 3 heterocycles. The van der Waals surface area contributed by atoms with E-state index < -0.39 is 94.6 Å². The number of carbonyl (C=O) groups is 4. The molecule has 2 aliphatic rings. The van der Waals surface area contributed by atoms with Crippen LogP contribution in [0.5, 0.6) is 17.2 Å². The molecule has 2 aliphatic heterocycles. The number of aromatic nitrogens is 1. The van der Waals surface area contributed by atoms with Crippen molar-refractivity contribution in [3.8, 4) is 17.2 Å². The summed E-state index contributed by atoms with van der Waals surface area (Å²) in [6.07, 6.45) is 3.58. The number of Topliss-reactive ketones (excluding diaryl/α,β-unsaturated/α-hetero) is 1. The zero-order chi connectivity index (χ0) is 45.8. The first-order valence-electron chi connectivity index (χ1n) is 20.4. The average Bonchev–Trinajstić information content (AvgIpc) is 3.60. The minimum Gasteiger partial charge on any atom is -0.507 e. The van der Waals surface area contributed by atoms with Gasteiger partial charge in [0.2, 0.25) is 0 Å². The molecule has 15 nitrogen and oxygen atoms in total. The molecule has 0 radical (unpaired) electrons. The number of anilines is 1. The number of benzene rings is 2. The van der Waals surface area contributed by atoms with E-state index in [9.17, 15) is 39.6 Å². The third-order valence-electron chi connectivity index (χ3n) is 12.0. The largest absolute Gasteiger partial charge is 0.507 e. The van der Waals surface area contributed by atoms with Gasteiger partial charge in [0, 0.05) is 79.3 Å². The Bertz CT molecular complexity index is 2370. The maximum Gasteiger partial charge on any atom is 0.341 e. The van der Waals surface area contributed by atoms with Gasteiger partial charge in [0.1, 0.15) is 23.2 Å². The summed E-state index contributed by atoms with van der Waals surface area (Å²) in [7, 11) is 3.09. The van der Waals surface area contributed by atoms with E-state index in [0.717, 1.165) is 0 Å². The van der Waals surface area contributed by atoms with E-state index in [1.165, 1.54) is 53.2 Å². The van der Waals surface area contributed by atoms with Gasteiger partial charge in [0.05, 0.1) is 52.3 Å². The first-order chi connectivity index (χ1) is 28.3. The van der Waals surface area contributed by atoms with Gasteiger partial charge in [-0.25, -0.2) is 4.79 Å². The van der Waals surface area contributed by atoms with Crippen molar-refractivity contribution in [3.05, 3.63) is 58.5 Å². The van der Waals surface area contributed by atoms with Crippen LogP contribution in [0.1, 0.15) is 101 Å². The number of carbonyl (C=O) groups excluding carboxylic acids is 4. The molecule has 0 spiro atoms. The number of hydrogen-bond acceptors (Lipinski definition) is 13. The maximum absolute atomic E-state index is 14.8. The van der Waals surface area contributed by atoms with Gasteiger partial charge in [0.25, 0.3) is 11.7 Å². The molecule has 332 valence electrons. The number of hydrogen-bond donors (Lipinski definition) is 5. The zero-order valence-corrected chi connectivity index (χ0v) is 37.4. The Labute approximate surface area is 355 Å². The van der Waals surface area contributed by atoms with Crippen molar-refractivity contribution < 1.29 is 63.3 Å². The van der Waals surface area contributed by atoms with Crippen LogP contribution in [0.15, 0.2) is 36.1 Å². The van der Waals surface area contributed by atoms with Crippen LogP contribution >= 0.6 is 0 Å². The van der Waals surface area contributed by atoms with Gasteiger partial charge in [-0.1, -0.05) is 45.9 Å². The monoisotopic (exact) mass is 848 g/mol. The third kappa shape index (κ3) is 8.47. The van der Waals surface area contributed by atoms with Crippen molar-refractivity contribution in [1.29, 1.82) is 0 Å². The van der Waals surface area contributed by atoms with Crippen molar-refractivity contribution in [2.45, 2.75) is 119 Å².